The molecule has 5 heteroatoms. The van der Waals surface area contributed by atoms with E-state index in [4.69, 9.17) is 9.15 Å². The van der Waals surface area contributed by atoms with Crippen LogP contribution in [0.4, 0.5) is 0 Å². The molecule has 2 atom stereocenters. The molecule has 0 spiro atoms. The number of nitrogens with one attached hydrogen (secondary N) is 1. The van der Waals surface area contributed by atoms with Gasteiger partial charge in [0.2, 0.25) is 0 Å². The number of nitrogens with zero attached hydrogens (tertiary/aromatic N) is 1. The third kappa shape index (κ3) is 7.48. The fourth-order valence-corrected chi connectivity index (χ4v) is 3.64. The number of furan rings is 1. The zero-order chi connectivity index (χ0) is 21.2. The van der Waals surface area contributed by atoms with Crippen molar-refractivity contribution >= 4 is 0 Å². The second-order valence-electron chi connectivity index (χ2n) is 8.42. The molecule has 0 radical (unpaired) electrons. The zero-order valence-corrected chi connectivity index (χ0v) is 18.2. The maximum atomic E-state index is 10.6. The van der Waals surface area contributed by atoms with Gasteiger partial charge in [-0.25, -0.2) is 0 Å². The first-order chi connectivity index (χ1) is 14.6. The van der Waals surface area contributed by atoms with Crippen LogP contribution >= 0.6 is 0 Å². The molecule has 3 rings (SSSR count). The Balaban J connectivity index is 1.56. The maximum Gasteiger partial charge on any atom is 0.129 e. The number of rotatable bonds is 13. The van der Waals surface area contributed by atoms with Gasteiger partial charge in [-0.05, 0) is 42.2 Å². The Morgan fingerprint density at radius 1 is 1.07 bits per heavy atom. The molecule has 1 aromatic carbocycles. The van der Waals surface area contributed by atoms with Crippen molar-refractivity contribution in [2.75, 3.05) is 19.7 Å². The van der Waals surface area contributed by atoms with Crippen LogP contribution in [0.1, 0.15) is 37.3 Å². The van der Waals surface area contributed by atoms with Gasteiger partial charge >= 0.3 is 0 Å². The Labute approximate surface area is 179 Å². The standard InChI is InChI=1S/C25H34N2O3/c1-21(2)12-14-26(18-24(28)19-29-20-25-11-7-15-30-25)17-23-10-6-13-27(23)16-22-8-4-3-5-9-22/h3-11,13,15,21,24,28H,12,14,16-20H2,1-2H3/p+1/t24-/m0/s1. The minimum atomic E-state index is -0.500. The average Bonchev–Trinajstić information content (AvgIpc) is 3.39. The van der Waals surface area contributed by atoms with Crippen LogP contribution < -0.4 is 4.90 Å². The van der Waals surface area contributed by atoms with Crippen molar-refractivity contribution in [3.8, 4) is 0 Å². The monoisotopic (exact) mass is 411 g/mol. The van der Waals surface area contributed by atoms with Gasteiger partial charge in [-0.1, -0.05) is 44.2 Å². The first-order valence-electron chi connectivity index (χ1n) is 10.9. The van der Waals surface area contributed by atoms with Crippen LogP contribution in [0.15, 0.2) is 71.5 Å². The Kier molecular flexibility index (Phi) is 8.75. The van der Waals surface area contributed by atoms with Crippen molar-refractivity contribution < 1.29 is 19.2 Å². The van der Waals surface area contributed by atoms with E-state index in [1.807, 2.05) is 18.2 Å². The summed E-state index contributed by atoms with van der Waals surface area (Å²) in [5.41, 5.74) is 2.59. The predicted molar refractivity (Wildman–Crippen MR) is 118 cm³/mol. The highest BCUT2D eigenvalue weighted by molar-refractivity contribution is 5.17. The summed E-state index contributed by atoms with van der Waals surface area (Å²) in [6.45, 7) is 8.67. The fraction of sp³-hybridized carbons (Fsp3) is 0.440. The minimum Gasteiger partial charge on any atom is -0.467 e. The van der Waals surface area contributed by atoms with Crippen LogP contribution in [-0.2, 0) is 24.4 Å². The van der Waals surface area contributed by atoms with Crippen molar-refractivity contribution in [2.45, 2.75) is 46.1 Å². The van der Waals surface area contributed by atoms with E-state index in [2.05, 4.69) is 61.0 Å². The minimum absolute atomic E-state index is 0.316. The van der Waals surface area contributed by atoms with Gasteiger partial charge in [0.25, 0.3) is 0 Å². The smallest absolute Gasteiger partial charge is 0.129 e. The number of hydrogen-bond acceptors (Lipinski definition) is 3. The summed E-state index contributed by atoms with van der Waals surface area (Å²) in [5.74, 6) is 1.42. The summed E-state index contributed by atoms with van der Waals surface area (Å²) in [7, 11) is 0. The summed E-state index contributed by atoms with van der Waals surface area (Å²) in [6, 6.07) is 18.6. The molecule has 0 bridgehead atoms. The first kappa shape index (κ1) is 22.3. The molecule has 2 aromatic heterocycles. The molecule has 3 aromatic rings. The van der Waals surface area contributed by atoms with Crippen LogP contribution in [0, 0.1) is 5.92 Å². The Morgan fingerprint density at radius 3 is 2.63 bits per heavy atom. The number of aromatic nitrogens is 1. The van der Waals surface area contributed by atoms with E-state index in [0.29, 0.717) is 25.7 Å². The SMILES string of the molecule is CC(C)CC[NH+](Cc1cccn1Cc1ccccc1)C[C@H](O)COCc1ccco1. The van der Waals surface area contributed by atoms with Gasteiger partial charge in [0.05, 0.1) is 25.1 Å². The van der Waals surface area contributed by atoms with Gasteiger partial charge in [0.15, 0.2) is 0 Å². The van der Waals surface area contributed by atoms with Gasteiger partial charge in [-0.15, -0.1) is 0 Å². The summed E-state index contributed by atoms with van der Waals surface area (Å²) in [5, 5.41) is 10.6. The number of aliphatic hydroxyl groups is 1. The van der Waals surface area contributed by atoms with E-state index in [0.717, 1.165) is 31.8 Å². The van der Waals surface area contributed by atoms with Gasteiger partial charge in [0.1, 0.15) is 31.6 Å². The van der Waals surface area contributed by atoms with Crippen LogP contribution in [0.3, 0.4) is 0 Å². The van der Waals surface area contributed by atoms with Gasteiger partial charge in [-0.3, -0.25) is 0 Å². The molecular formula is C25H35N2O3+. The predicted octanol–water partition coefficient (Wildman–Crippen LogP) is 3.14. The van der Waals surface area contributed by atoms with Gasteiger partial charge in [0, 0.05) is 12.7 Å². The van der Waals surface area contributed by atoms with Gasteiger partial charge < -0.3 is 23.7 Å². The van der Waals surface area contributed by atoms with Crippen molar-refractivity contribution in [1.29, 1.82) is 0 Å². The highest BCUT2D eigenvalue weighted by atomic mass is 16.5. The lowest BCUT2D eigenvalue weighted by atomic mass is 10.1. The van der Waals surface area contributed by atoms with E-state index in [1.165, 1.54) is 16.2 Å². The quantitative estimate of drug-likeness (QED) is 0.454. The van der Waals surface area contributed by atoms with Crippen molar-refractivity contribution in [2.24, 2.45) is 5.92 Å². The number of aliphatic hydroxyl groups excluding tert-OH is 1. The fourth-order valence-electron chi connectivity index (χ4n) is 3.64. The number of ether oxygens (including phenoxy) is 1. The highest BCUT2D eigenvalue weighted by Crippen LogP contribution is 2.07. The number of quaternary nitrogens is 1. The lowest BCUT2D eigenvalue weighted by Gasteiger charge is -2.24. The summed E-state index contributed by atoms with van der Waals surface area (Å²) < 4.78 is 13.2. The Bertz CT molecular complexity index is 827. The molecule has 1 unspecified atom stereocenters. The molecule has 0 aliphatic carbocycles. The molecule has 162 valence electrons. The van der Waals surface area contributed by atoms with Crippen LogP contribution in [0.2, 0.25) is 0 Å². The van der Waals surface area contributed by atoms with Crippen molar-refractivity contribution in [1.82, 2.24) is 4.57 Å². The molecule has 0 saturated heterocycles. The molecule has 0 amide bonds. The molecule has 0 aliphatic rings. The molecular weight excluding hydrogens is 376 g/mol. The van der Waals surface area contributed by atoms with E-state index in [1.54, 1.807) is 6.26 Å². The largest absolute Gasteiger partial charge is 0.467 e. The van der Waals surface area contributed by atoms with E-state index in [9.17, 15) is 5.11 Å². The lowest BCUT2D eigenvalue weighted by Crippen LogP contribution is -3.12. The maximum absolute atomic E-state index is 10.6. The van der Waals surface area contributed by atoms with Crippen LogP contribution in [-0.4, -0.2) is 35.5 Å². The van der Waals surface area contributed by atoms with Crippen molar-refractivity contribution in [3.05, 3.63) is 84.1 Å². The molecule has 30 heavy (non-hydrogen) atoms. The van der Waals surface area contributed by atoms with Gasteiger partial charge in [-0.2, -0.15) is 0 Å². The molecule has 5 nitrogen and oxygen atoms in total. The zero-order valence-electron chi connectivity index (χ0n) is 18.2. The third-order valence-electron chi connectivity index (χ3n) is 5.28. The van der Waals surface area contributed by atoms with Crippen molar-refractivity contribution in [3.63, 3.8) is 0 Å². The Hall–Kier alpha value is -2.34. The van der Waals surface area contributed by atoms with E-state index in [-0.39, 0.29) is 0 Å². The van der Waals surface area contributed by atoms with E-state index >= 15 is 0 Å². The van der Waals surface area contributed by atoms with E-state index < -0.39 is 6.10 Å². The highest BCUT2D eigenvalue weighted by Gasteiger charge is 2.18. The topological polar surface area (TPSA) is 52.0 Å². The summed E-state index contributed by atoms with van der Waals surface area (Å²) in [4.78, 5) is 1.38. The summed E-state index contributed by atoms with van der Waals surface area (Å²) >= 11 is 0. The first-order valence-corrected chi connectivity index (χ1v) is 10.9. The Morgan fingerprint density at radius 2 is 1.90 bits per heavy atom. The molecule has 0 fully saturated rings. The molecule has 0 saturated carbocycles. The molecule has 0 aliphatic heterocycles. The lowest BCUT2D eigenvalue weighted by molar-refractivity contribution is -0.918. The second kappa shape index (κ2) is 11.7. The average molecular weight is 412 g/mol. The molecule has 2 heterocycles. The normalized spacial score (nSPS) is 13.6. The van der Waals surface area contributed by atoms with Crippen LogP contribution in [0.5, 0.6) is 0 Å². The third-order valence-corrected chi connectivity index (χ3v) is 5.28. The van der Waals surface area contributed by atoms with Crippen LogP contribution in [0.25, 0.3) is 0 Å². The second-order valence-corrected chi connectivity index (χ2v) is 8.42. The summed E-state index contributed by atoms with van der Waals surface area (Å²) in [6.07, 6.45) is 4.41. The number of hydrogen-bond donors (Lipinski definition) is 2. The molecule has 2 N–H and O–H groups in total. The number of benzene rings is 1.